The summed E-state index contributed by atoms with van der Waals surface area (Å²) in [4.78, 5) is 25.8. The molecule has 0 unspecified atom stereocenters. The van der Waals surface area contributed by atoms with Crippen LogP contribution in [0.4, 0.5) is 11.4 Å². The van der Waals surface area contributed by atoms with Crippen molar-refractivity contribution in [2.75, 3.05) is 17.4 Å². The summed E-state index contributed by atoms with van der Waals surface area (Å²) in [5, 5.41) is 5.76. The van der Waals surface area contributed by atoms with Crippen LogP contribution in [0.15, 0.2) is 36.4 Å². The van der Waals surface area contributed by atoms with Gasteiger partial charge in [0, 0.05) is 17.4 Å². The van der Waals surface area contributed by atoms with E-state index >= 15 is 0 Å². The Balaban J connectivity index is 1.77. The van der Waals surface area contributed by atoms with E-state index in [4.69, 9.17) is 9.47 Å². The summed E-state index contributed by atoms with van der Waals surface area (Å²) >= 11 is 0. The maximum atomic E-state index is 13.0. The van der Waals surface area contributed by atoms with Gasteiger partial charge in [0.05, 0.1) is 0 Å². The maximum Gasteiger partial charge on any atom is 0.239 e. The van der Waals surface area contributed by atoms with E-state index in [-0.39, 0.29) is 18.6 Å². The van der Waals surface area contributed by atoms with Gasteiger partial charge in [-0.2, -0.15) is 0 Å². The molecule has 0 saturated carbocycles. The minimum absolute atomic E-state index is 0.162. The summed E-state index contributed by atoms with van der Waals surface area (Å²) in [6.45, 7) is 9.47. The molecule has 0 fully saturated rings. The summed E-state index contributed by atoms with van der Waals surface area (Å²) in [6.07, 6.45) is 0. The van der Waals surface area contributed by atoms with Gasteiger partial charge in [0.1, 0.15) is 5.41 Å². The Labute approximate surface area is 165 Å². The molecule has 2 aromatic rings. The van der Waals surface area contributed by atoms with Gasteiger partial charge in [-0.3, -0.25) is 9.59 Å². The second kappa shape index (κ2) is 7.54. The molecule has 28 heavy (non-hydrogen) atoms. The average molecular weight is 382 g/mol. The normalized spacial score (nSPS) is 12.8. The smallest absolute Gasteiger partial charge is 0.239 e. The predicted molar refractivity (Wildman–Crippen MR) is 109 cm³/mol. The Kier molecular flexibility index (Phi) is 5.31. The molecule has 0 aliphatic carbocycles. The first-order valence-corrected chi connectivity index (χ1v) is 9.32. The zero-order valence-corrected chi connectivity index (χ0v) is 16.9. The largest absolute Gasteiger partial charge is 0.454 e. The molecule has 0 atom stereocenters. The van der Waals surface area contributed by atoms with E-state index in [1.807, 2.05) is 25.1 Å². The third-order valence-corrected chi connectivity index (χ3v) is 4.93. The minimum Gasteiger partial charge on any atom is -0.454 e. The highest BCUT2D eigenvalue weighted by Gasteiger charge is 2.37. The number of hydrogen-bond acceptors (Lipinski definition) is 4. The van der Waals surface area contributed by atoms with Gasteiger partial charge in [-0.15, -0.1) is 0 Å². The number of anilines is 2. The van der Waals surface area contributed by atoms with Gasteiger partial charge in [-0.25, -0.2) is 0 Å². The first-order chi connectivity index (χ1) is 13.2. The van der Waals surface area contributed by atoms with Crippen LogP contribution >= 0.6 is 0 Å². The first kappa shape index (κ1) is 19.7. The number of fused-ring (bicyclic) bond motifs is 1. The van der Waals surface area contributed by atoms with Crippen molar-refractivity contribution in [3.05, 3.63) is 47.5 Å². The number of ether oxygens (including phenoxy) is 2. The molecule has 0 radical (unpaired) electrons. The van der Waals surface area contributed by atoms with Gasteiger partial charge in [-0.05, 0) is 49.9 Å². The fourth-order valence-corrected chi connectivity index (χ4v) is 2.98. The zero-order chi connectivity index (χ0) is 20.5. The molecule has 2 aromatic carbocycles. The molecular formula is C22H26N2O4. The van der Waals surface area contributed by atoms with Gasteiger partial charge >= 0.3 is 0 Å². The van der Waals surface area contributed by atoms with Gasteiger partial charge in [-0.1, -0.05) is 32.0 Å². The van der Waals surface area contributed by atoms with E-state index < -0.39 is 11.3 Å². The number of carbonyl (C=O) groups excluding carboxylic acids is 2. The molecule has 0 spiro atoms. The SMILES string of the molecule is Cc1cccc(C(C)C)c1NC(=O)C(C)(C)C(=O)Nc1ccc2c(c1)OCO2. The highest BCUT2D eigenvalue weighted by molar-refractivity contribution is 6.14. The number of para-hydroxylation sites is 1. The van der Waals surface area contributed by atoms with Crippen LogP contribution in [0.2, 0.25) is 0 Å². The number of nitrogens with one attached hydrogen (secondary N) is 2. The quantitative estimate of drug-likeness (QED) is 0.749. The summed E-state index contributed by atoms with van der Waals surface area (Å²) in [6, 6.07) is 11.0. The van der Waals surface area contributed by atoms with Gasteiger partial charge in [0.25, 0.3) is 0 Å². The highest BCUT2D eigenvalue weighted by Crippen LogP contribution is 2.35. The Morgan fingerprint density at radius 3 is 2.39 bits per heavy atom. The van der Waals surface area contributed by atoms with E-state index in [0.717, 1.165) is 16.8 Å². The zero-order valence-electron chi connectivity index (χ0n) is 16.9. The Morgan fingerprint density at radius 1 is 1.00 bits per heavy atom. The lowest BCUT2D eigenvalue weighted by Crippen LogP contribution is -2.41. The van der Waals surface area contributed by atoms with Gasteiger partial charge in [0.15, 0.2) is 11.5 Å². The lowest BCUT2D eigenvalue weighted by atomic mass is 9.90. The number of carbonyl (C=O) groups is 2. The first-order valence-electron chi connectivity index (χ1n) is 9.32. The van der Waals surface area contributed by atoms with Crippen molar-refractivity contribution < 1.29 is 19.1 Å². The molecule has 148 valence electrons. The second-order valence-electron chi connectivity index (χ2n) is 7.80. The van der Waals surface area contributed by atoms with E-state index in [9.17, 15) is 9.59 Å². The van der Waals surface area contributed by atoms with Crippen LogP contribution < -0.4 is 20.1 Å². The maximum absolute atomic E-state index is 13.0. The molecule has 3 rings (SSSR count). The number of rotatable bonds is 5. The molecule has 6 nitrogen and oxygen atoms in total. The Bertz CT molecular complexity index is 919. The molecule has 2 N–H and O–H groups in total. The van der Waals surface area contributed by atoms with E-state index in [2.05, 4.69) is 24.5 Å². The minimum atomic E-state index is -1.27. The number of amides is 2. The van der Waals surface area contributed by atoms with Crippen LogP contribution in [0.3, 0.4) is 0 Å². The Hall–Kier alpha value is -3.02. The lowest BCUT2D eigenvalue weighted by Gasteiger charge is -2.25. The summed E-state index contributed by atoms with van der Waals surface area (Å²) in [7, 11) is 0. The van der Waals surface area contributed by atoms with Crippen molar-refractivity contribution in [1.82, 2.24) is 0 Å². The average Bonchev–Trinajstić information content (AvgIpc) is 3.10. The Morgan fingerprint density at radius 2 is 1.68 bits per heavy atom. The van der Waals surface area contributed by atoms with Crippen LogP contribution in [0.1, 0.15) is 44.7 Å². The van der Waals surface area contributed by atoms with Crippen LogP contribution in [-0.2, 0) is 9.59 Å². The van der Waals surface area contributed by atoms with Crippen LogP contribution in [0, 0.1) is 12.3 Å². The van der Waals surface area contributed by atoms with Crippen molar-refractivity contribution in [3.63, 3.8) is 0 Å². The third-order valence-electron chi connectivity index (χ3n) is 4.93. The topological polar surface area (TPSA) is 76.7 Å². The predicted octanol–water partition coefficient (Wildman–Crippen LogP) is 4.45. The molecule has 0 aromatic heterocycles. The number of aryl methyl sites for hydroxylation is 1. The fraction of sp³-hybridized carbons (Fsp3) is 0.364. The van der Waals surface area contributed by atoms with Gasteiger partial charge < -0.3 is 20.1 Å². The third kappa shape index (κ3) is 3.81. The second-order valence-corrected chi connectivity index (χ2v) is 7.80. The molecule has 2 amide bonds. The highest BCUT2D eigenvalue weighted by atomic mass is 16.7. The van der Waals surface area contributed by atoms with Crippen molar-refractivity contribution >= 4 is 23.2 Å². The molecular weight excluding hydrogens is 356 g/mol. The van der Waals surface area contributed by atoms with Crippen molar-refractivity contribution in [2.45, 2.75) is 40.5 Å². The van der Waals surface area contributed by atoms with Crippen LogP contribution in [-0.4, -0.2) is 18.6 Å². The van der Waals surface area contributed by atoms with Crippen LogP contribution in [0.25, 0.3) is 0 Å². The molecule has 1 aliphatic heterocycles. The molecule has 1 aliphatic rings. The van der Waals surface area contributed by atoms with Crippen molar-refractivity contribution in [2.24, 2.45) is 5.41 Å². The van der Waals surface area contributed by atoms with Gasteiger partial charge in [0.2, 0.25) is 18.6 Å². The van der Waals surface area contributed by atoms with E-state index in [1.165, 1.54) is 0 Å². The standard InChI is InChI=1S/C22H26N2O4/c1-13(2)16-8-6-7-14(3)19(16)24-21(26)22(4,5)20(25)23-15-9-10-17-18(11-15)28-12-27-17/h6-11,13H,12H2,1-5H3,(H,23,25)(H,24,26). The van der Waals surface area contributed by atoms with E-state index in [1.54, 1.807) is 32.0 Å². The van der Waals surface area contributed by atoms with Crippen molar-refractivity contribution in [1.29, 1.82) is 0 Å². The number of benzene rings is 2. The molecule has 6 heteroatoms. The molecule has 0 saturated heterocycles. The summed E-state index contributed by atoms with van der Waals surface area (Å²) in [5.41, 5.74) is 2.06. The lowest BCUT2D eigenvalue weighted by molar-refractivity contribution is -0.135. The monoisotopic (exact) mass is 382 g/mol. The fourth-order valence-electron chi connectivity index (χ4n) is 2.98. The summed E-state index contributed by atoms with van der Waals surface area (Å²) in [5.74, 6) is 0.698. The van der Waals surface area contributed by atoms with E-state index in [0.29, 0.717) is 17.2 Å². The van der Waals surface area contributed by atoms with Crippen molar-refractivity contribution in [3.8, 4) is 11.5 Å². The van der Waals surface area contributed by atoms with Crippen LogP contribution in [0.5, 0.6) is 11.5 Å². The molecule has 0 bridgehead atoms. The summed E-state index contributed by atoms with van der Waals surface area (Å²) < 4.78 is 10.6. The molecule has 1 heterocycles. The number of hydrogen-bond donors (Lipinski definition) is 2.